The normalized spacial score (nSPS) is 16.4. The lowest BCUT2D eigenvalue weighted by Crippen LogP contribution is -2.12. The molecule has 0 radical (unpaired) electrons. The van der Waals surface area contributed by atoms with Crippen molar-refractivity contribution in [1.29, 1.82) is 0 Å². The van der Waals surface area contributed by atoms with Crippen LogP contribution in [0.15, 0.2) is 0 Å². The van der Waals surface area contributed by atoms with Gasteiger partial charge in [-0.2, -0.15) is 0 Å². The summed E-state index contributed by atoms with van der Waals surface area (Å²) in [4.78, 5) is 23.4. The Morgan fingerprint density at radius 1 is 0.750 bits per heavy atom. The number of rotatable bonds is 18. The smallest absolute Gasteiger partial charge is 0.313 e. The summed E-state index contributed by atoms with van der Waals surface area (Å²) in [6.45, 7) is 2.26. The van der Waals surface area contributed by atoms with Crippen molar-refractivity contribution < 1.29 is 14.3 Å². The maximum Gasteiger partial charge on any atom is 0.313 e. The molecule has 1 atom stereocenters. The fourth-order valence-electron chi connectivity index (χ4n) is 3.55. The summed E-state index contributed by atoms with van der Waals surface area (Å²) in [7, 11) is 3.93. The molecule has 1 rings (SSSR count). The van der Waals surface area contributed by atoms with Crippen LogP contribution >= 0.6 is 21.6 Å². The van der Waals surface area contributed by atoms with Crippen molar-refractivity contribution in [3.63, 3.8) is 0 Å². The summed E-state index contributed by atoms with van der Waals surface area (Å²) in [6.07, 6.45) is 20.4. The number of esters is 2. The molecule has 1 unspecified atom stereocenters. The van der Waals surface area contributed by atoms with E-state index in [1.165, 1.54) is 82.8 Å². The molecule has 5 heteroatoms. The molecule has 0 spiro atoms. The average Bonchev–Trinajstić information content (AvgIpc) is 3.19. The van der Waals surface area contributed by atoms with Crippen molar-refractivity contribution in [3.8, 4) is 0 Å². The highest BCUT2D eigenvalue weighted by atomic mass is 33.1. The molecule has 28 heavy (non-hydrogen) atoms. The first-order valence-corrected chi connectivity index (χ1v) is 14.1. The van der Waals surface area contributed by atoms with Gasteiger partial charge in [0.1, 0.15) is 0 Å². The van der Waals surface area contributed by atoms with Crippen LogP contribution in [0.3, 0.4) is 0 Å². The zero-order valence-electron chi connectivity index (χ0n) is 18.1. The molecule has 0 aromatic rings. The molecule has 164 valence electrons. The van der Waals surface area contributed by atoms with Crippen molar-refractivity contribution in [1.82, 2.24) is 0 Å². The third-order valence-corrected chi connectivity index (χ3v) is 8.35. The molecule has 0 saturated carbocycles. The lowest BCUT2D eigenvalue weighted by Gasteiger charge is -2.06. The highest BCUT2D eigenvalue weighted by Crippen LogP contribution is 2.39. The van der Waals surface area contributed by atoms with Crippen LogP contribution in [0.1, 0.15) is 122 Å². The SMILES string of the molecule is CCCCCCCCCCCCCCC(=O)OC(=O)CCCCC1CCSS1. The Morgan fingerprint density at radius 3 is 1.75 bits per heavy atom. The summed E-state index contributed by atoms with van der Waals surface area (Å²) in [5, 5.41) is 0.758. The van der Waals surface area contributed by atoms with Crippen LogP contribution in [0.2, 0.25) is 0 Å². The van der Waals surface area contributed by atoms with Crippen LogP contribution in [0.4, 0.5) is 0 Å². The van der Waals surface area contributed by atoms with Crippen LogP contribution in [0, 0.1) is 0 Å². The van der Waals surface area contributed by atoms with E-state index in [-0.39, 0.29) is 11.9 Å². The monoisotopic (exact) mass is 430 g/mol. The van der Waals surface area contributed by atoms with Gasteiger partial charge in [-0.25, -0.2) is 0 Å². The Morgan fingerprint density at radius 2 is 1.25 bits per heavy atom. The second kappa shape index (κ2) is 18.8. The van der Waals surface area contributed by atoms with Crippen LogP contribution < -0.4 is 0 Å². The molecule has 0 bridgehead atoms. The molecule has 0 aliphatic carbocycles. The van der Waals surface area contributed by atoms with Gasteiger partial charge in [0.05, 0.1) is 0 Å². The Labute approximate surface area is 181 Å². The molecular formula is C23H42O3S2. The molecule has 1 aliphatic heterocycles. The standard InChI is InChI=1S/C23H42O3S2/c1-2-3-4-5-6-7-8-9-10-11-12-13-17-22(24)26-23(25)18-15-14-16-21-19-20-27-28-21/h21H,2-20H2,1H3. The van der Waals surface area contributed by atoms with Gasteiger partial charge in [0.25, 0.3) is 0 Å². The third-order valence-electron chi connectivity index (χ3n) is 5.35. The molecule has 0 amide bonds. The minimum absolute atomic E-state index is 0.333. The second-order valence-corrected chi connectivity index (χ2v) is 10.8. The fourth-order valence-corrected chi connectivity index (χ4v) is 6.57. The van der Waals surface area contributed by atoms with Gasteiger partial charge >= 0.3 is 11.9 Å². The number of carbonyl (C=O) groups is 2. The minimum atomic E-state index is -0.336. The number of ether oxygens (including phenoxy) is 1. The van der Waals surface area contributed by atoms with E-state index in [0.717, 1.165) is 30.9 Å². The van der Waals surface area contributed by atoms with Gasteiger partial charge in [0.15, 0.2) is 0 Å². The Kier molecular flexibility index (Phi) is 17.4. The number of unbranched alkanes of at least 4 members (excludes halogenated alkanes) is 12. The first-order valence-electron chi connectivity index (χ1n) is 11.7. The molecular weight excluding hydrogens is 388 g/mol. The summed E-state index contributed by atoms with van der Waals surface area (Å²) in [6, 6.07) is 0. The maximum absolute atomic E-state index is 11.7. The van der Waals surface area contributed by atoms with E-state index in [9.17, 15) is 9.59 Å². The van der Waals surface area contributed by atoms with Crippen LogP contribution in [-0.2, 0) is 14.3 Å². The Hall–Kier alpha value is -0.160. The van der Waals surface area contributed by atoms with E-state index >= 15 is 0 Å². The fraction of sp³-hybridized carbons (Fsp3) is 0.913. The molecule has 1 fully saturated rings. The zero-order chi connectivity index (χ0) is 20.3. The van der Waals surface area contributed by atoms with Crippen molar-refractivity contribution in [2.24, 2.45) is 0 Å². The minimum Gasteiger partial charge on any atom is -0.393 e. The molecule has 3 nitrogen and oxygen atoms in total. The second-order valence-electron chi connectivity index (χ2n) is 8.06. The van der Waals surface area contributed by atoms with E-state index in [0.29, 0.717) is 12.8 Å². The highest BCUT2D eigenvalue weighted by molar-refractivity contribution is 8.77. The molecule has 0 N–H and O–H groups in total. The summed E-state index contributed by atoms with van der Waals surface area (Å²) in [5.74, 6) is 0.586. The lowest BCUT2D eigenvalue weighted by molar-refractivity contribution is -0.159. The van der Waals surface area contributed by atoms with Gasteiger partial charge in [-0.05, 0) is 25.7 Å². The molecule has 1 heterocycles. The van der Waals surface area contributed by atoms with Gasteiger partial charge in [-0.3, -0.25) is 9.59 Å². The van der Waals surface area contributed by atoms with Crippen molar-refractivity contribution in [2.75, 3.05) is 5.75 Å². The van der Waals surface area contributed by atoms with E-state index in [1.807, 2.05) is 21.6 Å². The van der Waals surface area contributed by atoms with Gasteiger partial charge < -0.3 is 4.74 Å². The van der Waals surface area contributed by atoms with Crippen molar-refractivity contribution >= 4 is 33.5 Å². The summed E-state index contributed by atoms with van der Waals surface area (Å²) in [5.41, 5.74) is 0. The number of hydrogen-bond acceptors (Lipinski definition) is 5. The molecule has 0 aromatic carbocycles. The van der Waals surface area contributed by atoms with E-state index in [4.69, 9.17) is 4.74 Å². The van der Waals surface area contributed by atoms with E-state index in [2.05, 4.69) is 6.92 Å². The highest BCUT2D eigenvalue weighted by Gasteiger charge is 2.16. The summed E-state index contributed by atoms with van der Waals surface area (Å²) < 4.78 is 4.94. The molecule has 0 aromatic heterocycles. The van der Waals surface area contributed by atoms with Gasteiger partial charge in [-0.1, -0.05) is 106 Å². The van der Waals surface area contributed by atoms with Crippen molar-refractivity contribution in [3.05, 3.63) is 0 Å². The average molecular weight is 431 g/mol. The first kappa shape index (κ1) is 25.9. The Bertz CT molecular complexity index is 395. The third kappa shape index (κ3) is 15.7. The predicted molar refractivity (Wildman–Crippen MR) is 124 cm³/mol. The first-order chi connectivity index (χ1) is 13.7. The quantitative estimate of drug-likeness (QED) is 0.0958. The van der Waals surface area contributed by atoms with Gasteiger partial charge in [0.2, 0.25) is 0 Å². The van der Waals surface area contributed by atoms with E-state index in [1.54, 1.807) is 0 Å². The van der Waals surface area contributed by atoms with Crippen LogP contribution in [-0.4, -0.2) is 22.9 Å². The van der Waals surface area contributed by atoms with Crippen LogP contribution in [0.25, 0.3) is 0 Å². The molecule has 1 aliphatic rings. The van der Waals surface area contributed by atoms with E-state index < -0.39 is 0 Å². The molecule has 1 saturated heterocycles. The Balaban J connectivity index is 1.81. The van der Waals surface area contributed by atoms with Gasteiger partial charge in [-0.15, -0.1) is 0 Å². The van der Waals surface area contributed by atoms with Gasteiger partial charge in [0, 0.05) is 23.8 Å². The summed E-state index contributed by atoms with van der Waals surface area (Å²) >= 11 is 0. The topological polar surface area (TPSA) is 43.4 Å². The lowest BCUT2D eigenvalue weighted by atomic mass is 10.0. The van der Waals surface area contributed by atoms with Crippen molar-refractivity contribution in [2.45, 2.75) is 128 Å². The number of carbonyl (C=O) groups excluding carboxylic acids is 2. The van der Waals surface area contributed by atoms with Crippen LogP contribution in [0.5, 0.6) is 0 Å². The maximum atomic E-state index is 11.7. The largest absolute Gasteiger partial charge is 0.393 e. The zero-order valence-corrected chi connectivity index (χ0v) is 19.7. The predicted octanol–water partition coefficient (Wildman–Crippen LogP) is 7.86. The number of hydrogen-bond donors (Lipinski definition) is 0.